The maximum Gasteiger partial charge on any atom is 0.190 e. The Bertz CT molecular complexity index is 509. The molecule has 25 heavy (non-hydrogen) atoms. The molecule has 5 heteroatoms. The third-order valence-electron chi connectivity index (χ3n) is 4.74. The topological polar surface area (TPSA) is 48.9 Å². The lowest BCUT2D eigenvalue weighted by atomic mass is 10.0. The molecular weight excluding hydrogens is 312 g/mol. The normalized spacial score (nSPS) is 17.3. The van der Waals surface area contributed by atoms with Gasteiger partial charge in [0.1, 0.15) is 0 Å². The van der Waals surface area contributed by atoms with E-state index in [0.29, 0.717) is 5.92 Å². The van der Waals surface area contributed by atoms with E-state index in [1.165, 1.54) is 24.1 Å². The highest BCUT2D eigenvalue weighted by atomic mass is 16.5. The number of guanidine groups is 1. The second-order valence-corrected chi connectivity index (χ2v) is 6.85. The molecule has 0 amide bonds. The average molecular weight is 347 g/mol. The fourth-order valence-corrected chi connectivity index (χ4v) is 2.98. The van der Waals surface area contributed by atoms with Gasteiger partial charge < -0.3 is 15.4 Å². The molecule has 140 valence electrons. The summed E-state index contributed by atoms with van der Waals surface area (Å²) >= 11 is 0. The van der Waals surface area contributed by atoms with Crippen LogP contribution in [-0.4, -0.2) is 63.8 Å². The molecule has 0 saturated carbocycles. The number of hydrogen-bond donors (Lipinski definition) is 2. The first-order valence-electron chi connectivity index (χ1n) is 9.50. The molecular formula is C20H34N4O. The molecule has 0 aliphatic carbocycles. The molecule has 1 unspecified atom stereocenters. The predicted molar refractivity (Wildman–Crippen MR) is 105 cm³/mol. The van der Waals surface area contributed by atoms with Crippen molar-refractivity contribution >= 4 is 5.96 Å². The Morgan fingerprint density at radius 1 is 1.16 bits per heavy atom. The predicted octanol–water partition coefficient (Wildman–Crippen LogP) is 2.38. The van der Waals surface area contributed by atoms with Crippen LogP contribution in [0.4, 0.5) is 0 Å². The smallest absolute Gasteiger partial charge is 0.190 e. The van der Waals surface area contributed by atoms with Gasteiger partial charge in [0.05, 0.1) is 13.2 Å². The molecule has 1 aromatic rings. The summed E-state index contributed by atoms with van der Waals surface area (Å²) in [4.78, 5) is 6.81. The third kappa shape index (κ3) is 7.45. The minimum atomic E-state index is 0.459. The number of aliphatic imine (C=N–C) groups is 1. The molecule has 0 spiro atoms. The van der Waals surface area contributed by atoms with E-state index in [4.69, 9.17) is 4.74 Å². The van der Waals surface area contributed by atoms with Gasteiger partial charge in [-0.25, -0.2) is 0 Å². The lowest BCUT2D eigenvalue weighted by Gasteiger charge is -2.26. The number of aryl methyl sites for hydroxylation is 1. The maximum atomic E-state index is 5.38. The standard InChI is InChI=1S/C20H34N4O/c1-17-6-8-19(9-7-17)18(2)16-23-20(21-3)22-10-4-5-11-24-12-14-25-15-13-24/h6-9,18H,4-5,10-16H2,1-3H3,(H2,21,22,23). The fraction of sp³-hybridized carbons (Fsp3) is 0.650. The van der Waals surface area contributed by atoms with E-state index in [1.54, 1.807) is 0 Å². The van der Waals surface area contributed by atoms with Gasteiger partial charge in [-0.2, -0.15) is 0 Å². The molecule has 0 radical (unpaired) electrons. The number of nitrogens with zero attached hydrogens (tertiary/aromatic N) is 2. The largest absolute Gasteiger partial charge is 0.379 e. The van der Waals surface area contributed by atoms with Crippen LogP contribution < -0.4 is 10.6 Å². The van der Waals surface area contributed by atoms with E-state index in [2.05, 4.69) is 58.6 Å². The Labute approximate surface area is 152 Å². The van der Waals surface area contributed by atoms with E-state index < -0.39 is 0 Å². The van der Waals surface area contributed by atoms with E-state index in [1.807, 2.05) is 7.05 Å². The van der Waals surface area contributed by atoms with Crippen molar-refractivity contribution in [3.8, 4) is 0 Å². The highest BCUT2D eigenvalue weighted by Crippen LogP contribution is 2.14. The van der Waals surface area contributed by atoms with Crippen LogP contribution >= 0.6 is 0 Å². The molecule has 0 bridgehead atoms. The Morgan fingerprint density at radius 3 is 2.56 bits per heavy atom. The van der Waals surface area contributed by atoms with Gasteiger partial charge in [-0.1, -0.05) is 36.8 Å². The number of hydrogen-bond acceptors (Lipinski definition) is 3. The molecule has 1 saturated heterocycles. The van der Waals surface area contributed by atoms with Crippen LogP contribution in [0, 0.1) is 6.92 Å². The summed E-state index contributed by atoms with van der Waals surface area (Å²) in [5.41, 5.74) is 2.66. The molecule has 1 aliphatic heterocycles. The van der Waals surface area contributed by atoms with Gasteiger partial charge >= 0.3 is 0 Å². The number of rotatable bonds is 8. The van der Waals surface area contributed by atoms with Crippen molar-refractivity contribution < 1.29 is 4.74 Å². The van der Waals surface area contributed by atoms with Gasteiger partial charge in [-0.15, -0.1) is 0 Å². The van der Waals surface area contributed by atoms with Gasteiger partial charge in [0, 0.05) is 33.2 Å². The van der Waals surface area contributed by atoms with Crippen molar-refractivity contribution in [1.82, 2.24) is 15.5 Å². The van der Waals surface area contributed by atoms with Crippen LogP contribution in [0.2, 0.25) is 0 Å². The van der Waals surface area contributed by atoms with Crippen LogP contribution in [0.5, 0.6) is 0 Å². The second kappa shape index (κ2) is 11.1. The van der Waals surface area contributed by atoms with E-state index in [-0.39, 0.29) is 0 Å². The maximum absolute atomic E-state index is 5.38. The monoisotopic (exact) mass is 346 g/mol. The summed E-state index contributed by atoms with van der Waals surface area (Å²) in [7, 11) is 1.83. The minimum absolute atomic E-state index is 0.459. The van der Waals surface area contributed by atoms with Crippen LogP contribution in [-0.2, 0) is 4.74 Å². The number of unbranched alkanes of at least 4 members (excludes halogenated alkanes) is 1. The second-order valence-electron chi connectivity index (χ2n) is 6.85. The molecule has 1 atom stereocenters. The number of morpholine rings is 1. The summed E-state index contributed by atoms with van der Waals surface area (Å²) < 4.78 is 5.38. The number of nitrogens with one attached hydrogen (secondary N) is 2. The zero-order valence-electron chi connectivity index (χ0n) is 16.1. The molecule has 0 aromatic heterocycles. The van der Waals surface area contributed by atoms with Crippen LogP contribution in [0.15, 0.2) is 29.3 Å². The Morgan fingerprint density at radius 2 is 1.88 bits per heavy atom. The van der Waals surface area contributed by atoms with Gasteiger partial charge in [-0.05, 0) is 37.8 Å². The van der Waals surface area contributed by atoms with Crippen LogP contribution in [0.1, 0.15) is 36.8 Å². The lowest BCUT2D eigenvalue weighted by Crippen LogP contribution is -2.40. The first-order valence-corrected chi connectivity index (χ1v) is 9.50. The zero-order chi connectivity index (χ0) is 17.9. The van der Waals surface area contributed by atoms with Crippen molar-refractivity contribution in [3.63, 3.8) is 0 Å². The van der Waals surface area contributed by atoms with Crippen molar-refractivity contribution in [2.45, 2.75) is 32.6 Å². The SMILES string of the molecule is CN=C(NCCCCN1CCOCC1)NCC(C)c1ccc(C)cc1. The van der Waals surface area contributed by atoms with Crippen molar-refractivity contribution in [2.24, 2.45) is 4.99 Å². The van der Waals surface area contributed by atoms with E-state index in [9.17, 15) is 0 Å². The molecule has 1 heterocycles. The quantitative estimate of drug-likeness (QED) is 0.431. The summed E-state index contributed by atoms with van der Waals surface area (Å²) in [5.74, 6) is 1.35. The molecule has 2 rings (SSSR count). The summed E-state index contributed by atoms with van der Waals surface area (Å²) in [5, 5.41) is 6.85. The van der Waals surface area contributed by atoms with Crippen molar-refractivity contribution in [1.29, 1.82) is 0 Å². The summed E-state index contributed by atoms with van der Waals surface area (Å²) in [6.45, 7) is 11.3. The summed E-state index contributed by atoms with van der Waals surface area (Å²) in [6, 6.07) is 8.77. The lowest BCUT2D eigenvalue weighted by molar-refractivity contribution is 0.0372. The Kier molecular flexibility index (Phi) is 8.77. The Hall–Kier alpha value is -1.59. The van der Waals surface area contributed by atoms with Gasteiger partial charge in [0.25, 0.3) is 0 Å². The van der Waals surface area contributed by atoms with Crippen molar-refractivity contribution in [3.05, 3.63) is 35.4 Å². The fourth-order valence-electron chi connectivity index (χ4n) is 2.98. The summed E-state index contributed by atoms with van der Waals surface area (Å²) in [6.07, 6.45) is 2.37. The van der Waals surface area contributed by atoms with E-state index in [0.717, 1.165) is 51.8 Å². The molecule has 5 nitrogen and oxygen atoms in total. The van der Waals surface area contributed by atoms with E-state index >= 15 is 0 Å². The Balaban J connectivity index is 1.59. The number of benzene rings is 1. The third-order valence-corrected chi connectivity index (χ3v) is 4.74. The zero-order valence-corrected chi connectivity index (χ0v) is 16.1. The van der Waals surface area contributed by atoms with Crippen molar-refractivity contribution in [2.75, 3.05) is 53.0 Å². The van der Waals surface area contributed by atoms with Gasteiger partial charge in [0.15, 0.2) is 5.96 Å². The molecule has 1 aromatic carbocycles. The average Bonchev–Trinajstić information content (AvgIpc) is 2.65. The molecule has 1 fully saturated rings. The first-order chi connectivity index (χ1) is 12.2. The number of ether oxygens (including phenoxy) is 1. The van der Waals surface area contributed by atoms with Crippen LogP contribution in [0.3, 0.4) is 0 Å². The van der Waals surface area contributed by atoms with Crippen LogP contribution in [0.25, 0.3) is 0 Å². The first kappa shape index (κ1) is 19.7. The van der Waals surface area contributed by atoms with Gasteiger partial charge in [0.2, 0.25) is 0 Å². The highest BCUT2D eigenvalue weighted by molar-refractivity contribution is 5.79. The van der Waals surface area contributed by atoms with Gasteiger partial charge in [-0.3, -0.25) is 9.89 Å². The highest BCUT2D eigenvalue weighted by Gasteiger charge is 2.09. The minimum Gasteiger partial charge on any atom is -0.379 e. The molecule has 2 N–H and O–H groups in total. The molecule has 1 aliphatic rings.